The zero-order valence-corrected chi connectivity index (χ0v) is 9.42. The van der Waals surface area contributed by atoms with Crippen LogP contribution in [-0.2, 0) is 0 Å². The van der Waals surface area contributed by atoms with E-state index in [1.807, 2.05) is 12.1 Å². The molecule has 0 aromatic heterocycles. The van der Waals surface area contributed by atoms with Crippen LogP contribution in [0, 0.1) is 5.92 Å². The highest BCUT2D eigenvalue weighted by atomic mass is 35.5. The van der Waals surface area contributed by atoms with Gasteiger partial charge in [-0.3, -0.25) is 0 Å². The van der Waals surface area contributed by atoms with Gasteiger partial charge in [-0.25, -0.2) is 0 Å². The topological polar surface area (TPSA) is 46.2 Å². The Bertz CT molecular complexity index is 276. The molecule has 0 unspecified atom stereocenters. The number of benzene rings is 1. The molecule has 0 spiro atoms. The van der Waals surface area contributed by atoms with Gasteiger partial charge in [-0.2, -0.15) is 0 Å². The van der Waals surface area contributed by atoms with Crippen LogP contribution in [0.5, 0.6) is 5.75 Å². The molecule has 0 aliphatic carbocycles. The Morgan fingerprint density at radius 1 is 1.36 bits per heavy atom. The fourth-order valence-corrected chi connectivity index (χ4v) is 1.40. The first kappa shape index (κ1) is 13.3. The van der Waals surface area contributed by atoms with Gasteiger partial charge in [0.1, 0.15) is 5.75 Å². The molecule has 0 heterocycles. The van der Waals surface area contributed by atoms with Crippen molar-refractivity contribution in [3.63, 3.8) is 0 Å². The van der Waals surface area contributed by atoms with Gasteiger partial charge in [0.2, 0.25) is 0 Å². The van der Waals surface area contributed by atoms with E-state index >= 15 is 0 Å². The second-order valence-electron chi connectivity index (χ2n) is 3.83. The Kier molecular flexibility index (Phi) is 5.58. The van der Waals surface area contributed by atoms with Crippen LogP contribution in [0.15, 0.2) is 24.3 Å². The van der Waals surface area contributed by atoms with Crippen LogP contribution in [0.25, 0.3) is 0 Å². The molecule has 0 aliphatic rings. The summed E-state index contributed by atoms with van der Waals surface area (Å²) in [6.07, 6.45) is 0.948. The van der Waals surface area contributed by atoms with Gasteiger partial charge in [0.25, 0.3) is 0 Å². The van der Waals surface area contributed by atoms with Gasteiger partial charge in [0, 0.05) is 6.04 Å². The number of halogens is 1. The van der Waals surface area contributed by atoms with Crippen LogP contribution in [0.1, 0.15) is 31.9 Å². The van der Waals surface area contributed by atoms with Crippen molar-refractivity contribution in [2.24, 2.45) is 11.7 Å². The minimum atomic E-state index is 0. The summed E-state index contributed by atoms with van der Waals surface area (Å²) in [5.41, 5.74) is 6.96. The fourth-order valence-electron chi connectivity index (χ4n) is 1.40. The van der Waals surface area contributed by atoms with Crippen LogP contribution < -0.4 is 5.73 Å². The summed E-state index contributed by atoms with van der Waals surface area (Å²) in [6.45, 7) is 4.28. The molecule has 2 nitrogen and oxygen atoms in total. The molecule has 0 aliphatic heterocycles. The average Bonchev–Trinajstić information content (AvgIpc) is 2.03. The lowest BCUT2D eigenvalue weighted by atomic mass is 9.98. The zero-order valence-electron chi connectivity index (χ0n) is 8.60. The van der Waals surface area contributed by atoms with Crippen molar-refractivity contribution in [1.29, 1.82) is 0 Å². The summed E-state index contributed by atoms with van der Waals surface area (Å²) >= 11 is 0. The molecule has 14 heavy (non-hydrogen) atoms. The molecule has 0 saturated carbocycles. The molecule has 0 saturated heterocycles. The van der Waals surface area contributed by atoms with Crippen LogP contribution in [-0.4, -0.2) is 5.11 Å². The van der Waals surface area contributed by atoms with Crippen molar-refractivity contribution >= 4 is 12.4 Å². The van der Waals surface area contributed by atoms with Gasteiger partial charge in [-0.05, 0) is 30.0 Å². The monoisotopic (exact) mass is 215 g/mol. The van der Waals surface area contributed by atoms with E-state index in [2.05, 4.69) is 13.8 Å². The zero-order chi connectivity index (χ0) is 9.84. The molecule has 80 valence electrons. The highest BCUT2D eigenvalue weighted by Gasteiger charge is 2.08. The lowest BCUT2D eigenvalue weighted by Crippen LogP contribution is -2.12. The maximum absolute atomic E-state index is 9.24. The summed E-state index contributed by atoms with van der Waals surface area (Å²) in [4.78, 5) is 0. The number of phenolic OH excluding ortho intramolecular Hbond substituents is 1. The number of hydrogen-bond acceptors (Lipinski definition) is 2. The smallest absolute Gasteiger partial charge is 0.115 e. The van der Waals surface area contributed by atoms with E-state index in [1.54, 1.807) is 12.1 Å². The lowest BCUT2D eigenvalue weighted by Gasteiger charge is -2.14. The van der Waals surface area contributed by atoms with Crippen molar-refractivity contribution in [2.75, 3.05) is 0 Å². The predicted octanol–water partition coefficient (Wildman–Crippen LogP) is 2.86. The molecule has 1 aromatic rings. The van der Waals surface area contributed by atoms with E-state index in [-0.39, 0.29) is 24.2 Å². The van der Waals surface area contributed by atoms with E-state index in [4.69, 9.17) is 5.73 Å². The number of phenols is 1. The summed E-state index contributed by atoms with van der Waals surface area (Å²) < 4.78 is 0. The van der Waals surface area contributed by atoms with E-state index < -0.39 is 0 Å². The molecule has 1 rings (SSSR count). The van der Waals surface area contributed by atoms with Gasteiger partial charge in [-0.15, -0.1) is 12.4 Å². The number of aromatic hydroxyl groups is 1. The molecular formula is C11H18ClNO. The molecule has 0 radical (unpaired) electrons. The number of hydrogen-bond donors (Lipinski definition) is 2. The molecule has 1 atom stereocenters. The number of rotatable bonds is 3. The maximum atomic E-state index is 9.24. The largest absolute Gasteiger partial charge is 0.508 e. The first-order valence-corrected chi connectivity index (χ1v) is 4.64. The van der Waals surface area contributed by atoms with Crippen molar-refractivity contribution in [3.8, 4) is 5.75 Å². The van der Waals surface area contributed by atoms with Crippen molar-refractivity contribution in [1.82, 2.24) is 0 Å². The minimum absolute atomic E-state index is 0. The number of nitrogens with two attached hydrogens (primary N) is 1. The molecule has 0 fully saturated rings. The molecule has 0 amide bonds. The second kappa shape index (κ2) is 5.89. The minimum Gasteiger partial charge on any atom is -0.508 e. The SMILES string of the molecule is CC(C)C[C@@H](N)c1cccc(O)c1.Cl. The summed E-state index contributed by atoms with van der Waals surface area (Å²) in [5.74, 6) is 0.869. The molecule has 0 bridgehead atoms. The average molecular weight is 216 g/mol. The fraction of sp³-hybridized carbons (Fsp3) is 0.455. The Morgan fingerprint density at radius 3 is 2.50 bits per heavy atom. The predicted molar refractivity (Wildman–Crippen MR) is 61.7 cm³/mol. The summed E-state index contributed by atoms with van der Waals surface area (Å²) in [7, 11) is 0. The van der Waals surface area contributed by atoms with Crippen LogP contribution in [0.2, 0.25) is 0 Å². The van der Waals surface area contributed by atoms with Crippen molar-refractivity contribution < 1.29 is 5.11 Å². The molecular weight excluding hydrogens is 198 g/mol. The van der Waals surface area contributed by atoms with Crippen LogP contribution >= 0.6 is 12.4 Å². The normalized spacial score (nSPS) is 12.3. The quantitative estimate of drug-likeness (QED) is 0.815. The Morgan fingerprint density at radius 2 is 2.00 bits per heavy atom. The Balaban J connectivity index is 0.00000169. The van der Waals surface area contributed by atoms with Crippen molar-refractivity contribution in [3.05, 3.63) is 29.8 Å². The first-order chi connectivity index (χ1) is 6.09. The van der Waals surface area contributed by atoms with Gasteiger partial charge >= 0.3 is 0 Å². The standard InChI is InChI=1S/C11H17NO.ClH/c1-8(2)6-11(12)9-4-3-5-10(13)7-9;/h3-5,7-8,11,13H,6,12H2,1-2H3;1H/t11-;/m1./s1. The summed E-state index contributed by atoms with van der Waals surface area (Å²) in [6, 6.07) is 7.20. The van der Waals surface area contributed by atoms with Crippen molar-refractivity contribution in [2.45, 2.75) is 26.3 Å². The molecule has 1 aromatic carbocycles. The van der Waals surface area contributed by atoms with Gasteiger partial charge in [-0.1, -0.05) is 26.0 Å². The van der Waals surface area contributed by atoms with Gasteiger partial charge in [0.05, 0.1) is 0 Å². The van der Waals surface area contributed by atoms with Gasteiger partial charge < -0.3 is 10.8 Å². The van der Waals surface area contributed by atoms with Crippen LogP contribution in [0.3, 0.4) is 0 Å². The van der Waals surface area contributed by atoms with E-state index in [0.29, 0.717) is 5.92 Å². The maximum Gasteiger partial charge on any atom is 0.115 e. The van der Waals surface area contributed by atoms with E-state index in [9.17, 15) is 5.11 Å². The van der Waals surface area contributed by atoms with E-state index in [0.717, 1.165) is 12.0 Å². The highest BCUT2D eigenvalue weighted by Crippen LogP contribution is 2.21. The Hall–Kier alpha value is -0.730. The Labute approximate surface area is 91.5 Å². The highest BCUT2D eigenvalue weighted by molar-refractivity contribution is 5.85. The lowest BCUT2D eigenvalue weighted by molar-refractivity contribution is 0.469. The third-order valence-electron chi connectivity index (χ3n) is 2.02. The second-order valence-corrected chi connectivity index (χ2v) is 3.83. The summed E-state index contributed by atoms with van der Waals surface area (Å²) in [5, 5.41) is 9.24. The third kappa shape index (κ3) is 3.99. The first-order valence-electron chi connectivity index (χ1n) is 4.64. The van der Waals surface area contributed by atoms with E-state index in [1.165, 1.54) is 0 Å². The molecule has 3 heteroatoms. The molecule has 3 N–H and O–H groups in total. The van der Waals surface area contributed by atoms with Gasteiger partial charge in [0.15, 0.2) is 0 Å². The third-order valence-corrected chi connectivity index (χ3v) is 2.02. The van der Waals surface area contributed by atoms with Crippen LogP contribution in [0.4, 0.5) is 0 Å².